The zero-order valence-corrected chi connectivity index (χ0v) is 11.1. The summed E-state index contributed by atoms with van der Waals surface area (Å²) >= 11 is 6.16. The zero-order chi connectivity index (χ0) is 13.4. The van der Waals surface area contributed by atoms with Gasteiger partial charge in [-0.1, -0.05) is 11.6 Å². The molecule has 2 aliphatic heterocycles. The predicted octanol–water partition coefficient (Wildman–Crippen LogP) is 2.44. The summed E-state index contributed by atoms with van der Waals surface area (Å²) in [6, 6.07) is 3.41. The molecule has 0 spiro atoms. The van der Waals surface area contributed by atoms with Crippen LogP contribution in [-0.2, 0) is 16.0 Å². The number of carbonyl (C=O) groups is 2. The smallest absolute Gasteiger partial charge is 0.228 e. The van der Waals surface area contributed by atoms with Gasteiger partial charge in [0.1, 0.15) is 0 Å². The van der Waals surface area contributed by atoms with E-state index in [4.69, 9.17) is 16.3 Å². The fourth-order valence-corrected chi connectivity index (χ4v) is 2.86. The number of hydrogen-bond donors (Lipinski definition) is 1. The lowest BCUT2D eigenvalue weighted by Crippen LogP contribution is -2.25. The Kier molecular flexibility index (Phi) is 3.29. The van der Waals surface area contributed by atoms with Crippen LogP contribution < -0.4 is 5.32 Å². The highest BCUT2D eigenvalue weighted by atomic mass is 35.5. The lowest BCUT2D eigenvalue weighted by molar-refractivity contribution is -0.115. The first-order valence-electron chi connectivity index (χ1n) is 6.39. The fourth-order valence-electron chi connectivity index (χ4n) is 2.60. The number of halogens is 1. The van der Waals surface area contributed by atoms with Crippen LogP contribution in [-0.4, -0.2) is 24.9 Å². The molecule has 1 unspecified atom stereocenters. The topological polar surface area (TPSA) is 55.4 Å². The second-order valence-electron chi connectivity index (χ2n) is 4.99. The maximum atomic E-state index is 12.4. The van der Waals surface area contributed by atoms with Gasteiger partial charge in [0.15, 0.2) is 5.78 Å². The average molecular weight is 280 g/mol. The fraction of sp³-hybridized carbons (Fsp3) is 0.429. The van der Waals surface area contributed by atoms with Crippen molar-refractivity contribution in [2.75, 3.05) is 18.5 Å². The summed E-state index contributed by atoms with van der Waals surface area (Å²) in [5, 5.41) is 3.12. The lowest BCUT2D eigenvalue weighted by Gasteiger charge is -2.21. The van der Waals surface area contributed by atoms with Crippen LogP contribution in [0.2, 0.25) is 5.02 Å². The number of ketones is 1. The number of benzene rings is 1. The van der Waals surface area contributed by atoms with Crippen LogP contribution in [0.4, 0.5) is 5.69 Å². The normalized spacial score (nSPS) is 21.9. The van der Waals surface area contributed by atoms with Crippen LogP contribution in [0.15, 0.2) is 12.1 Å². The van der Waals surface area contributed by atoms with Gasteiger partial charge in [-0.25, -0.2) is 0 Å². The quantitative estimate of drug-likeness (QED) is 0.846. The van der Waals surface area contributed by atoms with E-state index in [9.17, 15) is 9.59 Å². The second-order valence-corrected chi connectivity index (χ2v) is 5.40. The molecule has 1 fully saturated rings. The first-order valence-corrected chi connectivity index (χ1v) is 6.77. The minimum absolute atomic E-state index is 0.0202. The minimum Gasteiger partial charge on any atom is -0.381 e. The molecular formula is C14H14ClNO3. The summed E-state index contributed by atoms with van der Waals surface area (Å²) < 4.78 is 5.34. The summed E-state index contributed by atoms with van der Waals surface area (Å²) in [6.45, 7) is 1.18. The summed E-state index contributed by atoms with van der Waals surface area (Å²) in [5.41, 5.74) is 2.06. The van der Waals surface area contributed by atoms with Crippen LogP contribution in [0.3, 0.4) is 0 Å². The van der Waals surface area contributed by atoms with Crippen molar-refractivity contribution in [2.24, 2.45) is 5.92 Å². The molecule has 0 aliphatic carbocycles. The molecular weight excluding hydrogens is 266 g/mol. The molecule has 0 bridgehead atoms. The van der Waals surface area contributed by atoms with E-state index in [0.717, 1.165) is 25.0 Å². The van der Waals surface area contributed by atoms with Gasteiger partial charge in [0.25, 0.3) is 0 Å². The molecule has 1 aromatic carbocycles. The molecule has 2 aliphatic rings. The molecule has 5 heteroatoms. The van der Waals surface area contributed by atoms with Crippen molar-refractivity contribution in [1.29, 1.82) is 0 Å². The van der Waals surface area contributed by atoms with E-state index in [-0.39, 0.29) is 17.6 Å². The summed E-state index contributed by atoms with van der Waals surface area (Å²) in [6.07, 6.45) is 2.05. The molecule has 0 saturated carbocycles. The van der Waals surface area contributed by atoms with Crippen LogP contribution in [0.1, 0.15) is 28.8 Å². The Morgan fingerprint density at radius 3 is 3.00 bits per heavy atom. The van der Waals surface area contributed by atoms with E-state index in [2.05, 4.69) is 5.32 Å². The molecule has 0 radical (unpaired) electrons. The van der Waals surface area contributed by atoms with Gasteiger partial charge in [-0.3, -0.25) is 9.59 Å². The molecule has 19 heavy (non-hydrogen) atoms. The Labute approximate surface area is 116 Å². The van der Waals surface area contributed by atoms with Gasteiger partial charge >= 0.3 is 0 Å². The molecule has 3 rings (SSSR count). The number of hydrogen-bond acceptors (Lipinski definition) is 3. The Morgan fingerprint density at radius 1 is 1.42 bits per heavy atom. The maximum Gasteiger partial charge on any atom is 0.228 e. The van der Waals surface area contributed by atoms with E-state index < -0.39 is 0 Å². The van der Waals surface area contributed by atoms with Gasteiger partial charge in [0, 0.05) is 23.8 Å². The molecule has 1 aromatic rings. The molecule has 0 aromatic heterocycles. The summed E-state index contributed by atoms with van der Waals surface area (Å²) in [4.78, 5) is 23.8. The van der Waals surface area contributed by atoms with Crippen molar-refractivity contribution in [2.45, 2.75) is 19.3 Å². The Bertz CT molecular complexity index is 550. The molecule has 1 amide bonds. The molecule has 100 valence electrons. The van der Waals surface area contributed by atoms with E-state index in [0.29, 0.717) is 29.3 Å². The van der Waals surface area contributed by atoms with Crippen molar-refractivity contribution in [3.8, 4) is 0 Å². The lowest BCUT2D eigenvalue weighted by atomic mass is 9.91. The van der Waals surface area contributed by atoms with Gasteiger partial charge in [0.2, 0.25) is 5.91 Å². The Hall–Kier alpha value is -1.39. The average Bonchev–Trinajstić information content (AvgIpc) is 2.77. The van der Waals surface area contributed by atoms with Crippen molar-refractivity contribution in [3.63, 3.8) is 0 Å². The Balaban J connectivity index is 1.90. The van der Waals surface area contributed by atoms with Gasteiger partial charge < -0.3 is 10.1 Å². The largest absolute Gasteiger partial charge is 0.381 e. The number of nitrogens with one attached hydrogen (secondary N) is 1. The van der Waals surface area contributed by atoms with Gasteiger partial charge in [-0.15, -0.1) is 0 Å². The monoisotopic (exact) mass is 279 g/mol. The third kappa shape index (κ3) is 2.38. The van der Waals surface area contributed by atoms with Crippen molar-refractivity contribution in [1.82, 2.24) is 0 Å². The number of anilines is 1. The van der Waals surface area contributed by atoms with Crippen molar-refractivity contribution in [3.05, 3.63) is 28.3 Å². The Morgan fingerprint density at radius 2 is 2.26 bits per heavy atom. The number of Topliss-reactive ketones (excluding diaryl/α,β-unsaturated/α-hetero) is 1. The first-order chi connectivity index (χ1) is 9.15. The highest BCUT2D eigenvalue weighted by molar-refractivity contribution is 6.34. The molecule has 1 atom stereocenters. The van der Waals surface area contributed by atoms with Crippen molar-refractivity contribution < 1.29 is 14.3 Å². The number of amides is 1. The number of fused-ring (bicyclic) bond motifs is 1. The minimum atomic E-state index is -0.116. The number of rotatable bonds is 2. The summed E-state index contributed by atoms with van der Waals surface area (Å²) in [5.74, 6) is -0.155. The van der Waals surface area contributed by atoms with Crippen molar-refractivity contribution >= 4 is 29.0 Å². The van der Waals surface area contributed by atoms with E-state index >= 15 is 0 Å². The van der Waals surface area contributed by atoms with Crippen LogP contribution in [0.5, 0.6) is 0 Å². The molecule has 4 nitrogen and oxygen atoms in total. The second kappa shape index (κ2) is 4.94. The van der Waals surface area contributed by atoms with Crippen LogP contribution in [0.25, 0.3) is 0 Å². The SMILES string of the molecule is O=C1Cc2cc(C(=O)C3CCCOC3)c(Cl)cc2N1. The highest BCUT2D eigenvalue weighted by Gasteiger charge is 2.27. The third-order valence-electron chi connectivity index (χ3n) is 3.61. The van der Waals surface area contributed by atoms with Gasteiger partial charge in [0.05, 0.1) is 18.1 Å². The van der Waals surface area contributed by atoms with Crippen LogP contribution >= 0.6 is 11.6 Å². The standard InChI is InChI=1S/C14H14ClNO3/c15-11-6-12-9(5-13(17)16-12)4-10(11)14(18)8-2-1-3-19-7-8/h4,6,8H,1-3,5,7H2,(H,16,17). The summed E-state index contributed by atoms with van der Waals surface area (Å²) in [7, 11) is 0. The highest BCUT2D eigenvalue weighted by Crippen LogP contribution is 2.32. The predicted molar refractivity (Wildman–Crippen MR) is 71.7 cm³/mol. The zero-order valence-electron chi connectivity index (χ0n) is 10.4. The number of ether oxygens (including phenoxy) is 1. The molecule has 1 N–H and O–H groups in total. The number of carbonyl (C=O) groups excluding carboxylic acids is 2. The molecule has 1 saturated heterocycles. The van der Waals surface area contributed by atoms with Crippen LogP contribution in [0, 0.1) is 5.92 Å². The van der Waals surface area contributed by atoms with Gasteiger partial charge in [-0.2, -0.15) is 0 Å². The maximum absolute atomic E-state index is 12.4. The van der Waals surface area contributed by atoms with E-state index in [1.165, 1.54) is 0 Å². The van der Waals surface area contributed by atoms with E-state index in [1.54, 1.807) is 12.1 Å². The first kappa shape index (κ1) is 12.6. The molecule has 2 heterocycles. The third-order valence-corrected chi connectivity index (χ3v) is 3.93. The van der Waals surface area contributed by atoms with E-state index in [1.807, 2.05) is 0 Å². The van der Waals surface area contributed by atoms with Gasteiger partial charge in [-0.05, 0) is 30.5 Å².